The summed E-state index contributed by atoms with van der Waals surface area (Å²) in [4.78, 5) is 24.8. The molecule has 1 aliphatic rings. The maximum Gasteiger partial charge on any atom is 0.325 e. The van der Waals surface area contributed by atoms with E-state index in [2.05, 4.69) is 0 Å². The Labute approximate surface area is 101 Å². The van der Waals surface area contributed by atoms with Crippen molar-refractivity contribution in [2.45, 2.75) is 25.3 Å². The molecule has 0 aromatic rings. The van der Waals surface area contributed by atoms with Crippen molar-refractivity contribution in [3.63, 3.8) is 0 Å². The highest BCUT2D eigenvalue weighted by molar-refractivity contribution is 5.91. The summed E-state index contributed by atoms with van der Waals surface area (Å²) in [6.07, 6.45) is 1.36. The average Bonchev–Trinajstić information content (AvgIpc) is 3.03. The number of rotatable bonds is 7. The van der Waals surface area contributed by atoms with E-state index in [9.17, 15) is 9.59 Å². The second kappa shape index (κ2) is 5.97. The summed E-state index contributed by atoms with van der Waals surface area (Å²) in [7, 11) is 1.54. The average molecular weight is 244 g/mol. The molecule has 0 aromatic heterocycles. The number of carbonyl (C=O) groups is 2. The van der Waals surface area contributed by atoms with E-state index in [-0.39, 0.29) is 12.5 Å². The van der Waals surface area contributed by atoms with Gasteiger partial charge in [0.2, 0.25) is 5.91 Å². The third-order valence-electron chi connectivity index (χ3n) is 2.69. The smallest absolute Gasteiger partial charge is 0.325 e. The van der Waals surface area contributed by atoms with Gasteiger partial charge in [-0.05, 0) is 19.8 Å². The second-order valence-corrected chi connectivity index (χ2v) is 4.18. The van der Waals surface area contributed by atoms with Crippen molar-refractivity contribution in [3.05, 3.63) is 0 Å². The maximum absolute atomic E-state index is 12.0. The summed E-state index contributed by atoms with van der Waals surface area (Å²) >= 11 is 0. The van der Waals surface area contributed by atoms with E-state index in [4.69, 9.17) is 15.2 Å². The molecule has 0 aliphatic heterocycles. The fourth-order valence-corrected chi connectivity index (χ4v) is 1.48. The zero-order chi connectivity index (χ0) is 12.9. The molecule has 1 amide bonds. The van der Waals surface area contributed by atoms with E-state index in [0.717, 1.165) is 0 Å². The van der Waals surface area contributed by atoms with Crippen LogP contribution in [-0.2, 0) is 19.1 Å². The molecule has 1 rings (SSSR count). The van der Waals surface area contributed by atoms with Crippen LogP contribution in [0, 0.1) is 0 Å². The third-order valence-corrected chi connectivity index (χ3v) is 2.69. The standard InChI is InChI=1S/C11H20N2O4/c1-3-17-9(14)8-13(6-7-16-2)10(15)11(12)4-5-11/h3-8,12H2,1-2H3. The van der Waals surface area contributed by atoms with Crippen LogP contribution in [0.25, 0.3) is 0 Å². The lowest BCUT2D eigenvalue weighted by Gasteiger charge is -2.24. The maximum atomic E-state index is 12.0. The van der Waals surface area contributed by atoms with Crippen molar-refractivity contribution in [1.29, 1.82) is 0 Å². The largest absolute Gasteiger partial charge is 0.465 e. The van der Waals surface area contributed by atoms with E-state index in [1.165, 1.54) is 4.90 Å². The quantitative estimate of drug-likeness (QED) is 0.611. The Morgan fingerprint density at radius 1 is 1.41 bits per heavy atom. The molecule has 0 aromatic carbocycles. The molecule has 1 saturated carbocycles. The van der Waals surface area contributed by atoms with E-state index in [1.807, 2.05) is 0 Å². The summed E-state index contributed by atoms with van der Waals surface area (Å²) < 4.78 is 9.73. The number of nitrogens with zero attached hydrogens (tertiary/aromatic N) is 1. The number of ether oxygens (including phenoxy) is 2. The fraction of sp³-hybridized carbons (Fsp3) is 0.818. The number of esters is 1. The van der Waals surface area contributed by atoms with Crippen LogP contribution in [0.2, 0.25) is 0 Å². The van der Waals surface area contributed by atoms with Gasteiger partial charge in [0.1, 0.15) is 6.54 Å². The fourth-order valence-electron chi connectivity index (χ4n) is 1.48. The van der Waals surface area contributed by atoms with E-state index < -0.39 is 11.5 Å². The highest BCUT2D eigenvalue weighted by Gasteiger charge is 2.48. The first kappa shape index (κ1) is 13.9. The van der Waals surface area contributed by atoms with Crippen molar-refractivity contribution in [3.8, 4) is 0 Å². The van der Waals surface area contributed by atoms with Gasteiger partial charge in [0.05, 0.1) is 18.8 Å². The minimum Gasteiger partial charge on any atom is -0.465 e. The summed E-state index contributed by atoms with van der Waals surface area (Å²) in [6, 6.07) is 0. The Hall–Kier alpha value is -1.14. The molecule has 0 atom stereocenters. The molecule has 0 unspecified atom stereocenters. The molecular formula is C11H20N2O4. The van der Waals surface area contributed by atoms with Crippen LogP contribution in [0.3, 0.4) is 0 Å². The van der Waals surface area contributed by atoms with Gasteiger partial charge in [0.25, 0.3) is 0 Å². The molecule has 0 radical (unpaired) electrons. The topological polar surface area (TPSA) is 81.9 Å². The van der Waals surface area contributed by atoms with Gasteiger partial charge in [-0.25, -0.2) is 0 Å². The zero-order valence-electron chi connectivity index (χ0n) is 10.4. The van der Waals surface area contributed by atoms with E-state index >= 15 is 0 Å². The van der Waals surface area contributed by atoms with Crippen LogP contribution in [0.15, 0.2) is 0 Å². The van der Waals surface area contributed by atoms with Crippen molar-refractivity contribution in [2.75, 3.05) is 33.4 Å². The molecule has 0 bridgehead atoms. The molecule has 2 N–H and O–H groups in total. The highest BCUT2D eigenvalue weighted by Crippen LogP contribution is 2.34. The minimum absolute atomic E-state index is 0.0605. The first-order valence-corrected chi connectivity index (χ1v) is 5.76. The summed E-state index contributed by atoms with van der Waals surface area (Å²) in [5.74, 6) is -0.608. The number of nitrogens with two attached hydrogens (primary N) is 1. The molecule has 1 aliphatic carbocycles. The van der Waals surface area contributed by atoms with Gasteiger partial charge in [-0.15, -0.1) is 0 Å². The van der Waals surface area contributed by atoms with Crippen molar-refractivity contribution >= 4 is 11.9 Å². The summed E-state index contributed by atoms with van der Waals surface area (Å²) in [5.41, 5.74) is 5.06. The summed E-state index contributed by atoms with van der Waals surface area (Å²) in [6.45, 7) is 2.70. The van der Waals surface area contributed by atoms with Crippen molar-refractivity contribution < 1.29 is 19.1 Å². The molecule has 98 valence electrons. The van der Waals surface area contributed by atoms with Gasteiger partial charge >= 0.3 is 5.97 Å². The van der Waals surface area contributed by atoms with Crippen molar-refractivity contribution in [2.24, 2.45) is 5.73 Å². The number of hydrogen-bond donors (Lipinski definition) is 1. The Kier molecular flexibility index (Phi) is 4.89. The molecule has 17 heavy (non-hydrogen) atoms. The van der Waals surface area contributed by atoms with E-state index in [1.54, 1.807) is 14.0 Å². The molecule has 1 fully saturated rings. The molecule has 0 spiro atoms. The first-order valence-electron chi connectivity index (χ1n) is 5.76. The summed E-state index contributed by atoms with van der Waals surface area (Å²) in [5, 5.41) is 0. The lowest BCUT2D eigenvalue weighted by molar-refractivity contribution is -0.150. The number of carbonyl (C=O) groups excluding carboxylic acids is 2. The third kappa shape index (κ3) is 3.98. The predicted molar refractivity (Wildman–Crippen MR) is 61.2 cm³/mol. The Morgan fingerprint density at radius 3 is 2.53 bits per heavy atom. The number of methoxy groups -OCH3 is 1. The lowest BCUT2D eigenvalue weighted by atomic mass is 10.2. The molecule has 0 heterocycles. The Bertz CT molecular complexity index is 289. The van der Waals surface area contributed by atoms with Gasteiger partial charge in [-0.3, -0.25) is 9.59 Å². The molecule has 6 nitrogen and oxygen atoms in total. The first-order chi connectivity index (χ1) is 8.03. The number of amides is 1. The predicted octanol–water partition coefficient (Wildman–Crippen LogP) is -0.484. The van der Waals surface area contributed by atoms with Gasteiger partial charge in [-0.1, -0.05) is 0 Å². The van der Waals surface area contributed by atoms with Gasteiger partial charge < -0.3 is 20.1 Å². The van der Waals surface area contributed by atoms with Crippen LogP contribution in [-0.4, -0.2) is 55.7 Å². The van der Waals surface area contributed by atoms with Crippen LogP contribution in [0.4, 0.5) is 0 Å². The number of hydrogen-bond acceptors (Lipinski definition) is 5. The van der Waals surface area contributed by atoms with Crippen molar-refractivity contribution in [1.82, 2.24) is 4.90 Å². The highest BCUT2D eigenvalue weighted by atomic mass is 16.5. The van der Waals surface area contributed by atoms with Crippen LogP contribution < -0.4 is 5.73 Å². The van der Waals surface area contributed by atoms with Crippen LogP contribution >= 0.6 is 0 Å². The van der Waals surface area contributed by atoms with Crippen LogP contribution in [0.5, 0.6) is 0 Å². The molecular weight excluding hydrogens is 224 g/mol. The Morgan fingerprint density at radius 2 is 2.06 bits per heavy atom. The second-order valence-electron chi connectivity index (χ2n) is 4.18. The van der Waals surface area contributed by atoms with Gasteiger partial charge in [0.15, 0.2) is 0 Å². The van der Waals surface area contributed by atoms with Crippen LogP contribution in [0.1, 0.15) is 19.8 Å². The molecule has 0 saturated heterocycles. The minimum atomic E-state index is -0.764. The SMILES string of the molecule is CCOC(=O)CN(CCOC)C(=O)C1(N)CC1. The molecule has 6 heteroatoms. The lowest BCUT2D eigenvalue weighted by Crippen LogP contribution is -2.48. The van der Waals surface area contributed by atoms with E-state index in [0.29, 0.717) is 32.6 Å². The van der Waals surface area contributed by atoms with Gasteiger partial charge in [-0.2, -0.15) is 0 Å². The monoisotopic (exact) mass is 244 g/mol. The Balaban J connectivity index is 2.53. The zero-order valence-corrected chi connectivity index (χ0v) is 10.4. The normalized spacial score (nSPS) is 16.4. The van der Waals surface area contributed by atoms with Gasteiger partial charge in [0, 0.05) is 13.7 Å².